The van der Waals surface area contributed by atoms with E-state index in [-0.39, 0.29) is 5.91 Å². The molecule has 0 unspecified atom stereocenters. The number of benzene rings is 1. The lowest BCUT2D eigenvalue weighted by molar-refractivity contribution is 0.0541. The second kappa shape index (κ2) is 5.07. The van der Waals surface area contributed by atoms with E-state index in [0.717, 1.165) is 10.6 Å². The van der Waals surface area contributed by atoms with Crippen LogP contribution in [-0.2, 0) is 4.84 Å². The van der Waals surface area contributed by atoms with Crippen molar-refractivity contribution in [3.63, 3.8) is 0 Å². The average Bonchev–Trinajstić information content (AvgIpc) is 2.73. The molecule has 1 aromatic carbocycles. The summed E-state index contributed by atoms with van der Waals surface area (Å²) in [5.74, 6) is -0.260. The zero-order chi connectivity index (χ0) is 12.3. The number of nitrogens with one attached hydrogen (secondary N) is 1. The Morgan fingerprint density at radius 1 is 1.35 bits per heavy atom. The fraction of sp³-hybridized carbons (Fsp3) is 0.167. The maximum absolute atomic E-state index is 11.6. The predicted octanol–water partition coefficient (Wildman–Crippen LogP) is 2.41. The first-order valence-electron chi connectivity index (χ1n) is 5.08. The van der Waals surface area contributed by atoms with E-state index < -0.39 is 0 Å². The van der Waals surface area contributed by atoms with Gasteiger partial charge in [-0.15, -0.1) is 11.3 Å². The molecule has 0 saturated carbocycles. The molecule has 0 spiro atoms. The summed E-state index contributed by atoms with van der Waals surface area (Å²) in [7, 11) is 1.41. The fourth-order valence-corrected chi connectivity index (χ4v) is 2.41. The number of aromatic nitrogens is 1. The number of rotatable bonds is 3. The average molecular weight is 248 g/mol. The molecule has 0 aliphatic heterocycles. The lowest BCUT2D eigenvalue weighted by Gasteiger charge is -1.98. The molecule has 2 rings (SSSR count). The third-order valence-corrected chi connectivity index (χ3v) is 3.42. The Morgan fingerprint density at radius 3 is 2.71 bits per heavy atom. The van der Waals surface area contributed by atoms with E-state index in [1.54, 1.807) is 0 Å². The minimum Gasteiger partial charge on any atom is -0.277 e. The van der Waals surface area contributed by atoms with E-state index in [0.29, 0.717) is 10.6 Å². The van der Waals surface area contributed by atoms with Crippen LogP contribution in [0.15, 0.2) is 30.3 Å². The summed E-state index contributed by atoms with van der Waals surface area (Å²) < 4.78 is 0. The van der Waals surface area contributed by atoms with Crippen LogP contribution in [0.25, 0.3) is 10.6 Å². The Kier molecular flexibility index (Phi) is 3.51. The number of aryl methyl sites for hydroxylation is 1. The molecule has 1 aromatic heterocycles. The lowest BCUT2D eigenvalue weighted by atomic mass is 10.2. The summed E-state index contributed by atoms with van der Waals surface area (Å²) in [4.78, 5) is 21.2. The first-order chi connectivity index (χ1) is 8.22. The summed E-state index contributed by atoms with van der Waals surface area (Å²) in [6.45, 7) is 1.81. The molecule has 0 bridgehead atoms. The molecular formula is C12H12N2O2S. The molecule has 1 amide bonds. The third-order valence-electron chi connectivity index (χ3n) is 2.22. The fourth-order valence-electron chi connectivity index (χ4n) is 1.45. The van der Waals surface area contributed by atoms with Gasteiger partial charge in [0.15, 0.2) is 0 Å². The molecule has 1 N–H and O–H groups in total. The molecule has 0 atom stereocenters. The molecule has 1 heterocycles. The predicted molar refractivity (Wildman–Crippen MR) is 66.8 cm³/mol. The molecular weight excluding hydrogens is 236 g/mol. The highest BCUT2D eigenvalue weighted by Crippen LogP contribution is 2.27. The molecule has 17 heavy (non-hydrogen) atoms. The van der Waals surface area contributed by atoms with Gasteiger partial charge in [0.05, 0.1) is 12.8 Å². The lowest BCUT2D eigenvalue weighted by Crippen LogP contribution is -2.21. The first kappa shape index (κ1) is 11.8. The van der Waals surface area contributed by atoms with E-state index in [2.05, 4.69) is 15.3 Å². The monoisotopic (exact) mass is 248 g/mol. The van der Waals surface area contributed by atoms with Crippen LogP contribution in [-0.4, -0.2) is 18.0 Å². The second-order valence-corrected chi connectivity index (χ2v) is 4.43. The normalized spacial score (nSPS) is 10.2. The van der Waals surface area contributed by atoms with Crippen LogP contribution >= 0.6 is 11.3 Å². The van der Waals surface area contributed by atoms with Crippen molar-refractivity contribution in [2.75, 3.05) is 7.11 Å². The Labute approximate surface area is 103 Å². The minimum atomic E-state index is -0.260. The van der Waals surface area contributed by atoms with Crippen molar-refractivity contribution in [3.8, 4) is 10.6 Å². The van der Waals surface area contributed by atoms with Gasteiger partial charge in [-0.25, -0.2) is 10.5 Å². The summed E-state index contributed by atoms with van der Waals surface area (Å²) in [5.41, 5.74) is 4.02. The van der Waals surface area contributed by atoms with Gasteiger partial charge in [-0.2, -0.15) is 0 Å². The largest absolute Gasteiger partial charge is 0.286 e. The van der Waals surface area contributed by atoms with Crippen LogP contribution in [0.5, 0.6) is 0 Å². The number of nitrogens with zero attached hydrogens (tertiary/aromatic N) is 1. The van der Waals surface area contributed by atoms with E-state index in [1.807, 2.05) is 37.3 Å². The van der Waals surface area contributed by atoms with E-state index in [4.69, 9.17) is 0 Å². The quantitative estimate of drug-likeness (QED) is 0.849. The number of carbonyl (C=O) groups is 1. The van der Waals surface area contributed by atoms with Crippen molar-refractivity contribution in [1.29, 1.82) is 0 Å². The standard InChI is InChI=1S/C12H12N2O2S/c1-8-10(11(15)14-16-2)17-12(13-8)9-6-4-3-5-7-9/h3-7H,1-2H3,(H,14,15). The van der Waals surface area contributed by atoms with Crippen molar-refractivity contribution in [2.45, 2.75) is 6.92 Å². The first-order valence-corrected chi connectivity index (χ1v) is 5.90. The van der Waals surface area contributed by atoms with Gasteiger partial charge in [0.25, 0.3) is 5.91 Å². The summed E-state index contributed by atoms with van der Waals surface area (Å²) in [6.07, 6.45) is 0. The smallest absolute Gasteiger partial charge is 0.277 e. The molecule has 0 radical (unpaired) electrons. The van der Waals surface area contributed by atoms with Gasteiger partial charge >= 0.3 is 0 Å². The number of amides is 1. The minimum absolute atomic E-state index is 0.260. The van der Waals surface area contributed by atoms with Crippen molar-refractivity contribution in [1.82, 2.24) is 10.5 Å². The maximum atomic E-state index is 11.6. The number of hydrogen-bond acceptors (Lipinski definition) is 4. The number of carbonyl (C=O) groups excluding carboxylic acids is 1. The van der Waals surface area contributed by atoms with Crippen LogP contribution in [0.2, 0.25) is 0 Å². The molecule has 0 saturated heterocycles. The SMILES string of the molecule is CONC(=O)c1sc(-c2ccccc2)nc1C. The number of hydroxylamine groups is 1. The highest BCUT2D eigenvalue weighted by Gasteiger charge is 2.15. The topological polar surface area (TPSA) is 51.2 Å². The van der Waals surface area contributed by atoms with E-state index >= 15 is 0 Å². The summed E-state index contributed by atoms with van der Waals surface area (Å²) in [6, 6.07) is 9.77. The van der Waals surface area contributed by atoms with Crippen LogP contribution in [0.4, 0.5) is 0 Å². The van der Waals surface area contributed by atoms with Crippen LogP contribution in [0, 0.1) is 6.92 Å². The highest BCUT2D eigenvalue weighted by atomic mass is 32.1. The Hall–Kier alpha value is -1.72. The second-order valence-electron chi connectivity index (χ2n) is 3.43. The van der Waals surface area contributed by atoms with Crippen LogP contribution in [0.3, 0.4) is 0 Å². The molecule has 0 fully saturated rings. The van der Waals surface area contributed by atoms with Crippen LogP contribution < -0.4 is 5.48 Å². The van der Waals surface area contributed by atoms with Gasteiger partial charge in [0.1, 0.15) is 9.88 Å². The zero-order valence-electron chi connectivity index (χ0n) is 9.56. The molecule has 4 nitrogen and oxygen atoms in total. The Morgan fingerprint density at radius 2 is 2.06 bits per heavy atom. The van der Waals surface area contributed by atoms with Gasteiger partial charge in [0.2, 0.25) is 0 Å². The molecule has 88 valence electrons. The van der Waals surface area contributed by atoms with Gasteiger partial charge in [-0.3, -0.25) is 9.63 Å². The maximum Gasteiger partial charge on any atom is 0.286 e. The van der Waals surface area contributed by atoms with Gasteiger partial charge in [0, 0.05) is 5.56 Å². The van der Waals surface area contributed by atoms with Gasteiger partial charge in [-0.05, 0) is 6.92 Å². The summed E-state index contributed by atoms with van der Waals surface area (Å²) >= 11 is 1.36. The number of hydrogen-bond donors (Lipinski definition) is 1. The van der Waals surface area contributed by atoms with Crippen molar-refractivity contribution < 1.29 is 9.63 Å². The molecule has 2 aromatic rings. The van der Waals surface area contributed by atoms with Gasteiger partial charge in [-0.1, -0.05) is 30.3 Å². The van der Waals surface area contributed by atoms with Crippen molar-refractivity contribution >= 4 is 17.2 Å². The summed E-state index contributed by atoms with van der Waals surface area (Å²) in [5, 5.41) is 0.837. The molecule has 0 aliphatic carbocycles. The highest BCUT2D eigenvalue weighted by molar-refractivity contribution is 7.17. The van der Waals surface area contributed by atoms with Gasteiger partial charge < -0.3 is 0 Å². The molecule has 5 heteroatoms. The zero-order valence-corrected chi connectivity index (χ0v) is 10.4. The third kappa shape index (κ3) is 2.51. The molecule has 0 aliphatic rings. The van der Waals surface area contributed by atoms with Crippen LogP contribution in [0.1, 0.15) is 15.4 Å². The van der Waals surface area contributed by atoms with Crippen molar-refractivity contribution in [3.05, 3.63) is 40.9 Å². The number of thiazole rings is 1. The van der Waals surface area contributed by atoms with E-state index in [9.17, 15) is 4.79 Å². The Bertz CT molecular complexity index is 523. The Balaban J connectivity index is 2.34. The van der Waals surface area contributed by atoms with E-state index in [1.165, 1.54) is 18.4 Å². The van der Waals surface area contributed by atoms with Crippen molar-refractivity contribution in [2.24, 2.45) is 0 Å².